The second-order valence-corrected chi connectivity index (χ2v) is 6.58. The van der Waals surface area contributed by atoms with Crippen LogP contribution >= 0.6 is 0 Å². The van der Waals surface area contributed by atoms with Gasteiger partial charge >= 0.3 is 0 Å². The van der Waals surface area contributed by atoms with E-state index in [9.17, 15) is 0 Å². The Labute approximate surface area is 114 Å². The van der Waals surface area contributed by atoms with E-state index in [0.717, 1.165) is 18.3 Å². The Morgan fingerprint density at radius 1 is 0.889 bits per heavy atom. The molecule has 0 heterocycles. The first kappa shape index (κ1) is 14.0. The fourth-order valence-electron chi connectivity index (χ4n) is 4.01. The molecule has 0 atom stereocenters. The van der Waals surface area contributed by atoms with Crippen molar-refractivity contribution in [2.45, 2.75) is 82.8 Å². The van der Waals surface area contributed by atoms with Crippen molar-refractivity contribution in [3.05, 3.63) is 24.2 Å². The lowest BCUT2D eigenvalue weighted by Crippen LogP contribution is -2.28. The van der Waals surface area contributed by atoms with E-state index in [1.165, 1.54) is 69.8 Å². The fourth-order valence-corrected chi connectivity index (χ4v) is 4.01. The predicted octanol–water partition coefficient (Wildman–Crippen LogP) is 5.82. The summed E-state index contributed by atoms with van der Waals surface area (Å²) in [5.74, 6) is 4.46. The molecule has 2 saturated carbocycles. The quantitative estimate of drug-likeness (QED) is 0.431. The molecule has 0 aromatic heterocycles. The van der Waals surface area contributed by atoms with E-state index >= 15 is 0 Å². The third kappa shape index (κ3) is 4.04. The molecular weight excluding hydrogens is 215 g/mol. The van der Waals surface area contributed by atoms with Crippen LogP contribution in [0.4, 0.5) is 0 Å². The van der Waals surface area contributed by atoms with Gasteiger partial charge < -0.3 is 0 Å². The number of hydrogen-bond donors (Lipinski definition) is 0. The van der Waals surface area contributed by atoms with Gasteiger partial charge in [-0.1, -0.05) is 94.1 Å². The Balaban J connectivity index is 2.02. The number of rotatable bonds is 4. The largest absolute Gasteiger partial charge is 0.172 e. The average molecular weight is 244 g/mol. The van der Waals surface area contributed by atoms with Crippen molar-refractivity contribution in [3.8, 4) is 0 Å². The predicted molar refractivity (Wildman–Crippen MR) is 83.4 cm³/mol. The van der Waals surface area contributed by atoms with E-state index in [1.54, 1.807) is 0 Å². The minimum absolute atomic E-state index is 0.849. The lowest BCUT2D eigenvalue weighted by molar-refractivity contribution is 0.464. The molecule has 2 fully saturated rings. The van der Waals surface area contributed by atoms with Crippen LogP contribution in [0.25, 0.3) is 0 Å². The van der Waals surface area contributed by atoms with Crippen molar-refractivity contribution in [2.75, 3.05) is 0 Å². The second kappa shape index (κ2) is 7.21. The molecule has 2 aliphatic rings. The van der Waals surface area contributed by atoms with Gasteiger partial charge in [0.1, 0.15) is 0 Å². The Hall–Kier alpha value is -0.455. The van der Waals surface area contributed by atoms with Gasteiger partial charge in [-0.15, -0.1) is 5.98 Å². The molecular formula is C17H29B. The first-order valence-electron chi connectivity index (χ1n) is 8.11. The SMILES string of the molecule is C=C(C)/C=C/B(C1CCCCC1)C1CCCCC1. The van der Waals surface area contributed by atoms with Gasteiger partial charge in [-0.2, -0.15) is 0 Å². The summed E-state index contributed by atoms with van der Waals surface area (Å²) in [6.45, 7) is 7.00. The first-order valence-corrected chi connectivity index (χ1v) is 8.11. The molecule has 0 saturated heterocycles. The Morgan fingerprint density at radius 3 is 1.72 bits per heavy atom. The van der Waals surface area contributed by atoms with Crippen molar-refractivity contribution >= 4 is 6.71 Å². The molecule has 2 aliphatic carbocycles. The summed E-state index contributed by atoms with van der Waals surface area (Å²) < 4.78 is 0. The van der Waals surface area contributed by atoms with E-state index in [2.05, 4.69) is 25.6 Å². The second-order valence-electron chi connectivity index (χ2n) is 6.58. The summed E-state index contributed by atoms with van der Waals surface area (Å²) in [5.41, 5.74) is 1.21. The van der Waals surface area contributed by atoms with Crippen molar-refractivity contribution in [2.24, 2.45) is 0 Å². The van der Waals surface area contributed by atoms with Crippen LogP contribution < -0.4 is 0 Å². The van der Waals surface area contributed by atoms with Crippen LogP contribution in [0.3, 0.4) is 0 Å². The molecule has 0 N–H and O–H groups in total. The van der Waals surface area contributed by atoms with Crippen LogP contribution in [0.1, 0.15) is 71.1 Å². The molecule has 0 nitrogen and oxygen atoms in total. The first-order chi connectivity index (χ1) is 8.77. The van der Waals surface area contributed by atoms with Crippen molar-refractivity contribution in [1.29, 1.82) is 0 Å². The highest BCUT2D eigenvalue weighted by molar-refractivity contribution is 6.67. The van der Waals surface area contributed by atoms with Crippen molar-refractivity contribution < 1.29 is 0 Å². The van der Waals surface area contributed by atoms with Crippen LogP contribution in [0.2, 0.25) is 11.6 Å². The molecule has 18 heavy (non-hydrogen) atoms. The Morgan fingerprint density at radius 2 is 1.33 bits per heavy atom. The molecule has 0 aromatic rings. The summed E-state index contributed by atoms with van der Waals surface area (Å²) in [7, 11) is 0. The molecule has 0 unspecified atom stereocenters. The summed E-state index contributed by atoms with van der Waals surface area (Å²) in [6.07, 6.45) is 17.0. The van der Waals surface area contributed by atoms with Gasteiger partial charge in [-0.3, -0.25) is 0 Å². The third-order valence-corrected chi connectivity index (χ3v) is 4.99. The zero-order valence-electron chi connectivity index (χ0n) is 12.2. The van der Waals surface area contributed by atoms with Gasteiger partial charge in [-0.25, -0.2) is 0 Å². The lowest BCUT2D eigenvalue weighted by Gasteiger charge is -2.34. The molecule has 1 heteroatoms. The van der Waals surface area contributed by atoms with Gasteiger partial charge in [0.15, 0.2) is 6.71 Å². The molecule has 0 amide bonds. The third-order valence-electron chi connectivity index (χ3n) is 4.99. The normalized spacial score (nSPS) is 23.4. The van der Waals surface area contributed by atoms with Crippen LogP contribution in [-0.2, 0) is 0 Å². The topological polar surface area (TPSA) is 0 Å². The van der Waals surface area contributed by atoms with Crippen LogP contribution in [-0.4, -0.2) is 6.71 Å². The zero-order valence-corrected chi connectivity index (χ0v) is 12.2. The van der Waals surface area contributed by atoms with Gasteiger partial charge in [0.25, 0.3) is 0 Å². The standard InChI is InChI=1S/C17H29B/c1-15(2)13-14-18(16-9-5-3-6-10-16)17-11-7-4-8-12-17/h13-14,16-17H,1,3-12H2,2H3/b14-13+. The molecule has 0 aromatic carbocycles. The molecule has 0 aliphatic heterocycles. The van der Waals surface area contributed by atoms with Gasteiger partial charge in [0.05, 0.1) is 0 Å². The van der Waals surface area contributed by atoms with E-state index in [1.807, 2.05) is 0 Å². The minimum atomic E-state index is 0.849. The molecule has 2 rings (SSSR count). The highest BCUT2D eigenvalue weighted by Gasteiger charge is 2.32. The highest BCUT2D eigenvalue weighted by Crippen LogP contribution is 2.41. The summed E-state index contributed by atoms with van der Waals surface area (Å²) in [4.78, 5) is 0. The van der Waals surface area contributed by atoms with Gasteiger partial charge in [0, 0.05) is 0 Å². The number of allylic oxidation sites excluding steroid dienone is 2. The summed E-state index contributed by atoms with van der Waals surface area (Å²) in [5, 5.41) is 0. The summed E-state index contributed by atoms with van der Waals surface area (Å²) in [6, 6.07) is 0. The van der Waals surface area contributed by atoms with Crippen molar-refractivity contribution in [3.63, 3.8) is 0 Å². The monoisotopic (exact) mass is 244 g/mol. The lowest BCUT2D eigenvalue weighted by atomic mass is 9.30. The molecule has 0 bridgehead atoms. The van der Waals surface area contributed by atoms with E-state index in [-0.39, 0.29) is 0 Å². The maximum absolute atomic E-state index is 4.03. The smallest absolute Gasteiger partial charge is 0.114 e. The zero-order chi connectivity index (χ0) is 12.8. The van der Waals surface area contributed by atoms with E-state index in [4.69, 9.17) is 0 Å². The Bertz CT molecular complexity index is 262. The van der Waals surface area contributed by atoms with Crippen molar-refractivity contribution in [1.82, 2.24) is 0 Å². The van der Waals surface area contributed by atoms with Crippen LogP contribution in [0, 0.1) is 0 Å². The van der Waals surface area contributed by atoms with Gasteiger partial charge in [0.2, 0.25) is 0 Å². The maximum Gasteiger partial charge on any atom is 0.172 e. The summed E-state index contributed by atoms with van der Waals surface area (Å²) >= 11 is 0. The maximum atomic E-state index is 4.03. The van der Waals surface area contributed by atoms with Crippen LogP contribution in [0.5, 0.6) is 0 Å². The fraction of sp³-hybridized carbons (Fsp3) is 0.765. The average Bonchev–Trinajstić information content (AvgIpc) is 2.41. The van der Waals surface area contributed by atoms with E-state index < -0.39 is 0 Å². The van der Waals surface area contributed by atoms with E-state index in [0.29, 0.717) is 0 Å². The Kier molecular flexibility index (Phi) is 5.60. The van der Waals surface area contributed by atoms with Gasteiger partial charge in [-0.05, 0) is 6.92 Å². The molecule has 0 radical (unpaired) electrons. The molecule has 100 valence electrons. The minimum Gasteiger partial charge on any atom is -0.114 e. The van der Waals surface area contributed by atoms with Crippen LogP contribution in [0.15, 0.2) is 24.2 Å². The molecule has 0 spiro atoms. The highest BCUT2D eigenvalue weighted by atomic mass is 14.2. The number of hydrogen-bond acceptors (Lipinski definition) is 0.